The number of carbonyl (C=O) groups excluding carboxylic acids is 3. The minimum absolute atomic E-state index is 0.201. The monoisotopic (exact) mass is 602 g/mol. The minimum atomic E-state index is -0.809. The van der Waals surface area contributed by atoms with E-state index in [2.05, 4.69) is 21.2 Å². The molecule has 1 aliphatic heterocycles. The Bertz CT molecular complexity index is 1420. The topological polar surface area (TPSA) is 84.9 Å². The van der Waals surface area contributed by atoms with Gasteiger partial charge in [0.25, 0.3) is 11.8 Å². The average molecular weight is 604 g/mol. The van der Waals surface area contributed by atoms with Gasteiger partial charge in [-0.2, -0.15) is 0 Å². The number of halogens is 3. The molecule has 1 saturated heterocycles. The van der Waals surface area contributed by atoms with Crippen LogP contribution in [0.25, 0.3) is 6.08 Å². The van der Waals surface area contributed by atoms with Crippen LogP contribution in [0.15, 0.2) is 64.6 Å². The standard InChI is InChI=1S/C27H21BrCl2N2O5/c1-3-36-23-12-17(20(28)13-24(23)37-14-16-6-9-21(29)22(30)10-16)11-19-25(33)31-27(35)32(26(19)34)18-7-4-15(2)5-8-18/h4-13H,3,14H2,1-2H3,(H,31,33,35)/b19-11+. The molecule has 1 fully saturated rings. The Balaban J connectivity index is 1.65. The first-order valence-corrected chi connectivity index (χ1v) is 12.7. The van der Waals surface area contributed by atoms with Crippen LogP contribution in [0, 0.1) is 6.92 Å². The van der Waals surface area contributed by atoms with Crippen molar-refractivity contribution in [3.63, 3.8) is 0 Å². The van der Waals surface area contributed by atoms with Crippen molar-refractivity contribution < 1.29 is 23.9 Å². The Labute approximate surface area is 232 Å². The molecule has 4 amide bonds. The number of urea groups is 1. The molecule has 1 N–H and O–H groups in total. The fraction of sp³-hybridized carbons (Fsp3) is 0.148. The highest BCUT2D eigenvalue weighted by atomic mass is 79.9. The summed E-state index contributed by atoms with van der Waals surface area (Å²) in [4.78, 5) is 39.2. The molecule has 0 saturated carbocycles. The zero-order valence-electron chi connectivity index (χ0n) is 19.8. The number of hydrogen-bond donors (Lipinski definition) is 1. The first kappa shape index (κ1) is 26.7. The molecule has 0 aliphatic carbocycles. The molecule has 0 spiro atoms. The molecule has 0 atom stereocenters. The molecule has 7 nitrogen and oxygen atoms in total. The lowest BCUT2D eigenvalue weighted by Crippen LogP contribution is -2.54. The molecule has 0 radical (unpaired) electrons. The molecule has 1 aliphatic rings. The number of nitrogens with one attached hydrogen (secondary N) is 1. The SMILES string of the molecule is CCOc1cc(/C=C2\C(=O)NC(=O)N(c3ccc(C)cc3)C2=O)c(Br)cc1OCc1ccc(Cl)c(Cl)c1. The van der Waals surface area contributed by atoms with Crippen LogP contribution >= 0.6 is 39.1 Å². The zero-order chi connectivity index (χ0) is 26.7. The van der Waals surface area contributed by atoms with E-state index in [4.69, 9.17) is 32.7 Å². The van der Waals surface area contributed by atoms with Gasteiger partial charge >= 0.3 is 6.03 Å². The van der Waals surface area contributed by atoms with Crippen LogP contribution < -0.4 is 19.7 Å². The second-order valence-electron chi connectivity index (χ2n) is 8.08. The zero-order valence-corrected chi connectivity index (χ0v) is 22.9. The normalized spacial score (nSPS) is 14.7. The minimum Gasteiger partial charge on any atom is -0.490 e. The molecule has 3 aromatic rings. The van der Waals surface area contributed by atoms with Gasteiger partial charge in [0.15, 0.2) is 11.5 Å². The summed E-state index contributed by atoms with van der Waals surface area (Å²) in [6, 6.07) is 14.6. The lowest BCUT2D eigenvalue weighted by atomic mass is 10.1. The fourth-order valence-electron chi connectivity index (χ4n) is 3.57. The highest BCUT2D eigenvalue weighted by Gasteiger charge is 2.37. The Morgan fingerprint density at radius 1 is 0.946 bits per heavy atom. The van der Waals surface area contributed by atoms with Crippen LogP contribution in [0.1, 0.15) is 23.6 Å². The summed E-state index contributed by atoms with van der Waals surface area (Å²) in [5.41, 5.74) is 2.42. The average Bonchev–Trinajstić information content (AvgIpc) is 2.85. The molecule has 0 aromatic heterocycles. The number of anilines is 1. The van der Waals surface area contributed by atoms with Gasteiger partial charge in [-0.3, -0.25) is 14.9 Å². The predicted molar refractivity (Wildman–Crippen MR) is 146 cm³/mol. The van der Waals surface area contributed by atoms with Gasteiger partial charge in [0.1, 0.15) is 12.2 Å². The second kappa shape index (κ2) is 11.4. The maximum Gasteiger partial charge on any atom is 0.335 e. The number of barbiturate groups is 1. The maximum atomic E-state index is 13.2. The Morgan fingerprint density at radius 3 is 2.32 bits per heavy atom. The number of hydrogen-bond acceptors (Lipinski definition) is 5. The summed E-state index contributed by atoms with van der Waals surface area (Å²) >= 11 is 15.6. The third-order valence-corrected chi connectivity index (χ3v) is 6.86. The van der Waals surface area contributed by atoms with Crippen LogP contribution in [0.4, 0.5) is 10.5 Å². The van der Waals surface area contributed by atoms with Crippen LogP contribution in [0.5, 0.6) is 11.5 Å². The van der Waals surface area contributed by atoms with E-state index in [0.717, 1.165) is 16.0 Å². The van der Waals surface area contributed by atoms with E-state index in [0.29, 0.717) is 43.9 Å². The molecule has 0 unspecified atom stereocenters. The van der Waals surface area contributed by atoms with Crippen LogP contribution in [0.2, 0.25) is 10.0 Å². The quantitative estimate of drug-likeness (QED) is 0.240. The van der Waals surface area contributed by atoms with E-state index in [1.54, 1.807) is 54.6 Å². The predicted octanol–water partition coefficient (Wildman–Crippen LogP) is 6.71. The fourth-order valence-corrected chi connectivity index (χ4v) is 4.33. The van der Waals surface area contributed by atoms with Crippen molar-refractivity contribution in [3.05, 3.63) is 91.4 Å². The van der Waals surface area contributed by atoms with Crippen molar-refractivity contribution in [1.29, 1.82) is 0 Å². The van der Waals surface area contributed by atoms with E-state index >= 15 is 0 Å². The van der Waals surface area contributed by atoms with Gasteiger partial charge in [0.05, 0.1) is 22.3 Å². The largest absolute Gasteiger partial charge is 0.490 e. The smallest absolute Gasteiger partial charge is 0.335 e. The highest BCUT2D eigenvalue weighted by Crippen LogP contribution is 2.36. The van der Waals surface area contributed by atoms with Gasteiger partial charge in [-0.05, 0) is 67.4 Å². The number of amides is 4. The molecule has 10 heteroatoms. The van der Waals surface area contributed by atoms with E-state index in [-0.39, 0.29) is 12.2 Å². The van der Waals surface area contributed by atoms with Gasteiger partial charge in [-0.15, -0.1) is 0 Å². The molecule has 3 aromatic carbocycles. The maximum absolute atomic E-state index is 13.2. The molecule has 37 heavy (non-hydrogen) atoms. The van der Waals surface area contributed by atoms with Crippen molar-refractivity contribution >= 4 is 68.7 Å². The number of ether oxygens (including phenoxy) is 2. The van der Waals surface area contributed by atoms with Crippen LogP contribution in [0.3, 0.4) is 0 Å². The number of rotatable bonds is 7. The van der Waals surface area contributed by atoms with Gasteiger partial charge in [0, 0.05) is 4.47 Å². The Hall–Kier alpha value is -3.33. The summed E-state index contributed by atoms with van der Waals surface area (Å²) < 4.78 is 12.3. The molecule has 0 bridgehead atoms. The summed E-state index contributed by atoms with van der Waals surface area (Å²) in [5, 5.41) is 3.10. The highest BCUT2D eigenvalue weighted by molar-refractivity contribution is 9.10. The van der Waals surface area contributed by atoms with E-state index in [1.807, 2.05) is 13.8 Å². The van der Waals surface area contributed by atoms with Gasteiger partial charge < -0.3 is 9.47 Å². The first-order chi connectivity index (χ1) is 17.7. The second-order valence-corrected chi connectivity index (χ2v) is 9.75. The van der Waals surface area contributed by atoms with Gasteiger partial charge in [-0.1, -0.05) is 62.9 Å². The van der Waals surface area contributed by atoms with Gasteiger partial charge in [0.2, 0.25) is 0 Å². The van der Waals surface area contributed by atoms with E-state index in [9.17, 15) is 14.4 Å². The molecular weight excluding hydrogens is 583 g/mol. The summed E-state index contributed by atoms with van der Waals surface area (Å²) in [7, 11) is 0. The third-order valence-electron chi connectivity index (χ3n) is 5.43. The number of carbonyl (C=O) groups is 3. The van der Waals surface area contributed by atoms with Crippen molar-refractivity contribution in [2.24, 2.45) is 0 Å². The third kappa shape index (κ3) is 5.98. The van der Waals surface area contributed by atoms with Crippen molar-refractivity contribution in [2.75, 3.05) is 11.5 Å². The van der Waals surface area contributed by atoms with Crippen molar-refractivity contribution in [1.82, 2.24) is 5.32 Å². The molecule has 4 rings (SSSR count). The van der Waals surface area contributed by atoms with Crippen LogP contribution in [-0.2, 0) is 16.2 Å². The first-order valence-electron chi connectivity index (χ1n) is 11.2. The number of benzene rings is 3. The van der Waals surface area contributed by atoms with E-state index < -0.39 is 17.8 Å². The Kier molecular flexibility index (Phi) is 8.22. The van der Waals surface area contributed by atoms with Crippen LogP contribution in [-0.4, -0.2) is 24.5 Å². The number of imide groups is 2. The Morgan fingerprint density at radius 2 is 1.65 bits per heavy atom. The lowest BCUT2D eigenvalue weighted by molar-refractivity contribution is -0.122. The molecule has 190 valence electrons. The molecular formula is C27H21BrCl2N2O5. The molecule has 1 heterocycles. The van der Waals surface area contributed by atoms with Crippen molar-refractivity contribution in [2.45, 2.75) is 20.5 Å². The summed E-state index contributed by atoms with van der Waals surface area (Å²) in [6.45, 7) is 4.28. The lowest BCUT2D eigenvalue weighted by Gasteiger charge is -2.26. The van der Waals surface area contributed by atoms with Crippen molar-refractivity contribution in [3.8, 4) is 11.5 Å². The summed E-state index contributed by atoms with van der Waals surface area (Å²) in [5.74, 6) is -0.670. The van der Waals surface area contributed by atoms with E-state index in [1.165, 1.54) is 6.08 Å². The van der Waals surface area contributed by atoms with Gasteiger partial charge in [-0.25, -0.2) is 9.69 Å². The number of nitrogens with zero attached hydrogens (tertiary/aromatic N) is 1. The summed E-state index contributed by atoms with van der Waals surface area (Å²) in [6.07, 6.45) is 1.40. The number of aryl methyl sites for hydroxylation is 1.